The smallest absolute Gasteiger partial charge is 0.257 e. The van der Waals surface area contributed by atoms with E-state index in [9.17, 15) is 14.0 Å². The minimum Gasteiger partial charge on any atom is -0.352 e. The fourth-order valence-corrected chi connectivity index (χ4v) is 3.79. The van der Waals surface area contributed by atoms with Gasteiger partial charge in [-0.1, -0.05) is 23.9 Å². The minimum atomic E-state index is -0.304. The maximum absolute atomic E-state index is 12.9. The van der Waals surface area contributed by atoms with Gasteiger partial charge in [-0.3, -0.25) is 14.2 Å². The lowest BCUT2D eigenvalue weighted by Crippen LogP contribution is -2.31. The van der Waals surface area contributed by atoms with Crippen molar-refractivity contribution in [1.29, 1.82) is 0 Å². The molecule has 1 unspecified atom stereocenters. The predicted octanol–water partition coefficient (Wildman–Crippen LogP) is 2.35. The number of benzene rings is 1. The molecule has 0 radical (unpaired) electrons. The van der Waals surface area contributed by atoms with E-state index in [4.69, 9.17) is 0 Å². The SMILES string of the molecule is Cc1nc2n(c(=O)c1C)C(CC(=O)NCc1ccc(F)cc1)CS2. The molecule has 24 heavy (non-hydrogen) atoms. The number of amides is 1. The lowest BCUT2D eigenvalue weighted by atomic mass is 10.2. The first-order chi connectivity index (χ1) is 11.5. The first kappa shape index (κ1) is 16.7. The maximum Gasteiger partial charge on any atom is 0.257 e. The predicted molar refractivity (Wildman–Crippen MR) is 90.6 cm³/mol. The van der Waals surface area contributed by atoms with E-state index in [1.54, 1.807) is 23.6 Å². The maximum atomic E-state index is 12.9. The Kier molecular flexibility index (Phi) is 4.71. The molecule has 0 saturated carbocycles. The Bertz CT molecular complexity index is 833. The number of halogens is 1. The Hall–Kier alpha value is -2.15. The highest BCUT2D eigenvalue weighted by Crippen LogP contribution is 2.32. The summed E-state index contributed by atoms with van der Waals surface area (Å²) in [4.78, 5) is 29.0. The van der Waals surface area contributed by atoms with Crippen LogP contribution >= 0.6 is 11.8 Å². The summed E-state index contributed by atoms with van der Waals surface area (Å²) >= 11 is 1.50. The lowest BCUT2D eigenvalue weighted by molar-refractivity contribution is -0.121. The number of fused-ring (bicyclic) bond motifs is 1. The first-order valence-electron chi connectivity index (χ1n) is 7.69. The number of rotatable bonds is 4. The van der Waals surface area contributed by atoms with Crippen molar-refractivity contribution in [3.8, 4) is 0 Å². The van der Waals surface area contributed by atoms with Crippen LogP contribution in [0.3, 0.4) is 0 Å². The molecule has 0 saturated heterocycles. The third-order valence-corrected chi connectivity index (χ3v) is 5.24. The Morgan fingerprint density at radius 1 is 1.38 bits per heavy atom. The lowest BCUT2D eigenvalue weighted by Gasteiger charge is -2.14. The van der Waals surface area contributed by atoms with Crippen molar-refractivity contribution in [3.05, 3.63) is 57.3 Å². The van der Waals surface area contributed by atoms with E-state index in [0.29, 0.717) is 23.0 Å². The standard InChI is InChI=1S/C17H18FN3O2S/c1-10-11(2)20-17-21(16(10)23)14(9-24-17)7-15(22)19-8-12-3-5-13(18)6-4-12/h3-6,14H,7-9H2,1-2H3,(H,19,22). The number of nitrogens with zero attached hydrogens (tertiary/aromatic N) is 2. The number of carbonyl (C=O) groups excluding carboxylic acids is 1. The molecule has 1 amide bonds. The second-order valence-corrected chi connectivity index (χ2v) is 6.84. The van der Waals surface area contributed by atoms with Gasteiger partial charge in [0.15, 0.2) is 5.16 Å². The average molecular weight is 347 g/mol. The molecule has 1 aliphatic heterocycles. The van der Waals surface area contributed by atoms with Crippen LogP contribution < -0.4 is 10.9 Å². The molecule has 1 atom stereocenters. The molecule has 1 aromatic carbocycles. The normalized spacial score (nSPS) is 16.0. The van der Waals surface area contributed by atoms with Gasteiger partial charge in [0, 0.05) is 30.0 Å². The summed E-state index contributed by atoms with van der Waals surface area (Å²) in [5.74, 6) is 0.222. The molecule has 126 valence electrons. The summed E-state index contributed by atoms with van der Waals surface area (Å²) in [6, 6.07) is 5.81. The van der Waals surface area contributed by atoms with Crippen LogP contribution in [0.2, 0.25) is 0 Å². The van der Waals surface area contributed by atoms with Crippen LogP contribution in [-0.4, -0.2) is 21.2 Å². The van der Waals surface area contributed by atoms with E-state index in [1.165, 1.54) is 23.9 Å². The summed E-state index contributed by atoms with van der Waals surface area (Å²) in [7, 11) is 0. The Morgan fingerprint density at radius 3 is 2.79 bits per heavy atom. The minimum absolute atomic E-state index is 0.0705. The fourth-order valence-electron chi connectivity index (χ4n) is 2.61. The highest BCUT2D eigenvalue weighted by Gasteiger charge is 2.28. The van der Waals surface area contributed by atoms with E-state index >= 15 is 0 Å². The van der Waals surface area contributed by atoms with Crippen molar-refractivity contribution >= 4 is 17.7 Å². The van der Waals surface area contributed by atoms with Gasteiger partial charge < -0.3 is 5.32 Å². The number of hydrogen-bond donors (Lipinski definition) is 1. The average Bonchev–Trinajstić information content (AvgIpc) is 2.94. The summed E-state index contributed by atoms with van der Waals surface area (Å²) in [5.41, 5.74) is 2.12. The van der Waals surface area contributed by atoms with Crippen LogP contribution in [0.5, 0.6) is 0 Å². The van der Waals surface area contributed by atoms with Crippen LogP contribution in [0.25, 0.3) is 0 Å². The van der Waals surface area contributed by atoms with Gasteiger partial charge in [-0.15, -0.1) is 0 Å². The number of thioether (sulfide) groups is 1. The van der Waals surface area contributed by atoms with Crippen molar-refractivity contribution in [2.45, 2.75) is 38.0 Å². The molecule has 0 fully saturated rings. The topological polar surface area (TPSA) is 64.0 Å². The Balaban J connectivity index is 1.66. The van der Waals surface area contributed by atoms with Gasteiger partial charge in [-0.05, 0) is 31.5 Å². The monoisotopic (exact) mass is 347 g/mol. The second-order valence-electron chi connectivity index (χ2n) is 5.85. The zero-order valence-electron chi connectivity index (χ0n) is 13.5. The molecular weight excluding hydrogens is 329 g/mol. The largest absolute Gasteiger partial charge is 0.352 e. The van der Waals surface area contributed by atoms with Crippen LogP contribution in [0.15, 0.2) is 34.2 Å². The molecule has 0 bridgehead atoms. The zero-order valence-corrected chi connectivity index (χ0v) is 14.3. The number of hydrogen-bond acceptors (Lipinski definition) is 4. The van der Waals surface area contributed by atoms with Gasteiger partial charge in [-0.25, -0.2) is 9.37 Å². The molecule has 2 aromatic rings. The quantitative estimate of drug-likeness (QED) is 0.863. The van der Waals surface area contributed by atoms with Crippen LogP contribution in [-0.2, 0) is 11.3 Å². The van der Waals surface area contributed by atoms with Gasteiger partial charge in [-0.2, -0.15) is 0 Å². The summed E-state index contributed by atoms with van der Waals surface area (Å²) < 4.78 is 14.5. The summed E-state index contributed by atoms with van der Waals surface area (Å²) in [5, 5.41) is 3.50. The van der Waals surface area contributed by atoms with Crippen molar-refractivity contribution in [3.63, 3.8) is 0 Å². The fraction of sp³-hybridized carbons (Fsp3) is 0.353. The van der Waals surface area contributed by atoms with Gasteiger partial charge in [0.05, 0.1) is 6.04 Å². The van der Waals surface area contributed by atoms with Crippen molar-refractivity contribution in [2.75, 3.05) is 5.75 Å². The van der Waals surface area contributed by atoms with Crippen molar-refractivity contribution in [2.24, 2.45) is 0 Å². The zero-order chi connectivity index (χ0) is 17.3. The van der Waals surface area contributed by atoms with Crippen molar-refractivity contribution < 1.29 is 9.18 Å². The van der Waals surface area contributed by atoms with E-state index in [0.717, 1.165) is 11.3 Å². The van der Waals surface area contributed by atoms with Gasteiger partial charge in [0.2, 0.25) is 5.91 Å². The van der Waals surface area contributed by atoms with E-state index in [2.05, 4.69) is 10.3 Å². The number of aryl methyl sites for hydroxylation is 1. The van der Waals surface area contributed by atoms with E-state index < -0.39 is 0 Å². The Labute approximate surface area is 143 Å². The number of nitrogens with one attached hydrogen (secondary N) is 1. The highest BCUT2D eigenvalue weighted by atomic mass is 32.2. The molecule has 1 aliphatic rings. The van der Waals surface area contributed by atoms with Crippen LogP contribution in [0.1, 0.15) is 29.3 Å². The number of aromatic nitrogens is 2. The number of carbonyl (C=O) groups is 1. The summed E-state index contributed by atoms with van der Waals surface area (Å²) in [6.07, 6.45) is 0.227. The third kappa shape index (κ3) is 3.36. The molecule has 7 heteroatoms. The molecule has 3 rings (SSSR count). The van der Waals surface area contributed by atoms with E-state index in [-0.39, 0.29) is 29.7 Å². The molecular formula is C17H18FN3O2S. The van der Waals surface area contributed by atoms with Gasteiger partial charge in [0.25, 0.3) is 5.56 Å². The molecule has 1 aromatic heterocycles. The highest BCUT2D eigenvalue weighted by molar-refractivity contribution is 7.99. The molecule has 5 nitrogen and oxygen atoms in total. The van der Waals surface area contributed by atoms with Crippen LogP contribution in [0, 0.1) is 19.7 Å². The molecule has 1 N–H and O–H groups in total. The summed E-state index contributed by atoms with van der Waals surface area (Å²) in [6.45, 7) is 3.92. The van der Waals surface area contributed by atoms with Gasteiger partial charge >= 0.3 is 0 Å². The third-order valence-electron chi connectivity index (χ3n) is 4.15. The van der Waals surface area contributed by atoms with Crippen LogP contribution in [0.4, 0.5) is 4.39 Å². The molecule has 0 spiro atoms. The first-order valence-corrected chi connectivity index (χ1v) is 8.68. The van der Waals surface area contributed by atoms with E-state index in [1.807, 2.05) is 6.92 Å². The van der Waals surface area contributed by atoms with Crippen molar-refractivity contribution in [1.82, 2.24) is 14.9 Å². The Morgan fingerprint density at radius 2 is 2.08 bits per heavy atom. The molecule has 2 heterocycles. The second kappa shape index (κ2) is 6.76. The molecule has 0 aliphatic carbocycles. The van der Waals surface area contributed by atoms with Gasteiger partial charge in [0.1, 0.15) is 5.82 Å².